The topological polar surface area (TPSA) is 64.1 Å². The highest BCUT2D eigenvalue weighted by atomic mass is 32.1. The Kier molecular flexibility index (Phi) is 4.78. The molecule has 3 aromatic heterocycles. The van der Waals surface area contributed by atoms with Gasteiger partial charge in [0.15, 0.2) is 0 Å². The highest BCUT2D eigenvalue weighted by Gasteiger charge is 2.19. The van der Waals surface area contributed by atoms with Gasteiger partial charge in [-0.05, 0) is 42.8 Å². The molecule has 0 saturated carbocycles. The van der Waals surface area contributed by atoms with Crippen LogP contribution in [0.25, 0.3) is 10.2 Å². The van der Waals surface area contributed by atoms with E-state index in [1.165, 1.54) is 4.88 Å². The van der Waals surface area contributed by atoms with Gasteiger partial charge in [-0.25, -0.2) is 9.97 Å². The first-order chi connectivity index (χ1) is 12.2. The van der Waals surface area contributed by atoms with Crippen molar-refractivity contribution in [3.05, 3.63) is 44.9 Å². The molecule has 1 aliphatic heterocycles. The van der Waals surface area contributed by atoms with E-state index in [-0.39, 0.29) is 11.9 Å². The molecule has 4 heterocycles. The van der Waals surface area contributed by atoms with Crippen LogP contribution in [0, 0.1) is 6.92 Å². The van der Waals surface area contributed by atoms with E-state index in [4.69, 9.17) is 4.74 Å². The lowest BCUT2D eigenvalue weighted by atomic mass is 10.1. The molecule has 1 amide bonds. The van der Waals surface area contributed by atoms with Gasteiger partial charge in [0, 0.05) is 36.8 Å². The van der Waals surface area contributed by atoms with Crippen molar-refractivity contribution < 1.29 is 9.53 Å². The Balaban J connectivity index is 1.61. The first-order valence-electron chi connectivity index (χ1n) is 8.36. The Morgan fingerprint density at radius 1 is 1.40 bits per heavy atom. The quantitative estimate of drug-likeness (QED) is 0.759. The highest BCUT2D eigenvalue weighted by molar-refractivity contribution is 7.17. The minimum absolute atomic E-state index is 0.0956. The van der Waals surface area contributed by atoms with Crippen molar-refractivity contribution in [2.75, 3.05) is 13.2 Å². The van der Waals surface area contributed by atoms with Crippen LogP contribution in [0.3, 0.4) is 0 Å². The van der Waals surface area contributed by atoms with Crippen LogP contribution in [0.5, 0.6) is 0 Å². The number of hydrogen-bond acceptors (Lipinski definition) is 6. The van der Waals surface area contributed by atoms with Crippen molar-refractivity contribution >= 4 is 38.8 Å². The number of aromatic nitrogens is 2. The normalized spacial score (nSPS) is 15.6. The molecule has 0 unspecified atom stereocenters. The average Bonchev–Trinajstić information content (AvgIpc) is 3.24. The van der Waals surface area contributed by atoms with Gasteiger partial charge in [-0.1, -0.05) is 0 Å². The molecule has 1 N–H and O–H groups in total. The predicted octanol–water partition coefficient (Wildman–Crippen LogP) is 3.56. The minimum atomic E-state index is -0.0956. The third-order valence-corrected chi connectivity index (χ3v) is 6.20. The van der Waals surface area contributed by atoms with Gasteiger partial charge in [0.25, 0.3) is 5.91 Å². The summed E-state index contributed by atoms with van der Waals surface area (Å²) in [7, 11) is 0. The van der Waals surface area contributed by atoms with Crippen LogP contribution in [-0.2, 0) is 11.2 Å². The molecule has 0 bridgehead atoms. The molecule has 0 aliphatic carbocycles. The fourth-order valence-corrected chi connectivity index (χ4v) is 4.71. The summed E-state index contributed by atoms with van der Waals surface area (Å²) in [5, 5.41) is 6.19. The summed E-state index contributed by atoms with van der Waals surface area (Å²) >= 11 is 3.36. The monoisotopic (exact) mass is 373 g/mol. The van der Waals surface area contributed by atoms with Gasteiger partial charge in [0.2, 0.25) is 0 Å². The second kappa shape index (κ2) is 7.19. The molecule has 0 radical (unpaired) electrons. The highest BCUT2D eigenvalue weighted by Crippen LogP contribution is 2.28. The minimum Gasteiger partial charge on any atom is -0.381 e. The van der Waals surface area contributed by atoms with Crippen molar-refractivity contribution in [2.45, 2.75) is 32.2 Å². The summed E-state index contributed by atoms with van der Waals surface area (Å²) < 4.78 is 6.50. The van der Waals surface area contributed by atoms with Gasteiger partial charge in [-0.2, -0.15) is 0 Å². The number of fused-ring (bicyclic) bond motifs is 1. The number of carbonyl (C=O) groups is 1. The molecule has 3 aromatic rings. The standard InChI is InChI=1S/C18H19N3O2S2/c1-11-19-10-14(25-11)8-12-9-16(21-15-4-7-24-17(12)15)18(22)20-13-2-5-23-6-3-13/h4,7,9-10,13H,2-3,5-6,8H2,1H3,(H,20,22). The molecule has 4 rings (SSSR count). The summed E-state index contributed by atoms with van der Waals surface area (Å²) in [6.45, 7) is 3.42. The lowest BCUT2D eigenvalue weighted by Crippen LogP contribution is -2.39. The van der Waals surface area contributed by atoms with Gasteiger partial charge in [-0.15, -0.1) is 22.7 Å². The number of thiazole rings is 1. The van der Waals surface area contributed by atoms with Crippen LogP contribution in [0.4, 0.5) is 0 Å². The first kappa shape index (κ1) is 16.6. The van der Waals surface area contributed by atoms with Gasteiger partial charge >= 0.3 is 0 Å². The number of rotatable bonds is 4. The van der Waals surface area contributed by atoms with E-state index in [0.29, 0.717) is 18.9 Å². The van der Waals surface area contributed by atoms with Crippen LogP contribution < -0.4 is 5.32 Å². The molecular formula is C18H19N3O2S2. The van der Waals surface area contributed by atoms with Crippen molar-refractivity contribution in [2.24, 2.45) is 0 Å². The summed E-state index contributed by atoms with van der Waals surface area (Å²) in [5.74, 6) is -0.0956. The Morgan fingerprint density at radius 3 is 3.00 bits per heavy atom. The van der Waals surface area contributed by atoms with Crippen molar-refractivity contribution in [3.63, 3.8) is 0 Å². The average molecular weight is 374 g/mol. The summed E-state index contributed by atoms with van der Waals surface area (Å²) in [4.78, 5) is 22.8. The number of amides is 1. The van der Waals surface area contributed by atoms with Crippen molar-refractivity contribution in [1.82, 2.24) is 15.3 Å². The number of hydrogen-bond donors (Lipinski definition) is 1. The van der Waals surface area contributed by atoms with Gasteiger partial charge in [0.1, 0.15) is 5.69 Å². The Hall–Kier alpha value is -1.83. The van der Waals surface area contributed by atoms with Crippen LogP contribution in [-0.4, -0.2) is 35.1 Å². The Bertz CT molecular complexity index is 897. The lowest BCUT2D eigenvalue weighted by molar-refractivity contribution is 0.0694. The molecule has 1 fully saturated rings. The molecule has 1 aliphatic rings. The zero-order valence-corrected chi connectivity index (χ0v) is 15.6. The number of carbonyl (C=O) groups excluding carboxylic acids is 1. The van der Waals surface area contributed by atoms with E-state index >= 15 is 0 Å². The molecule has 130 valence electrons. The number of pyridine rings is 1. The number of aryl methyl sites for hydroxylation is 1. The first-order valence-corrected chi connectivity index (χ1v) is 10.1. The molecule has 0 atom stereocenters. The summed E-state index contributed by atoms with van der Waals surface area (Å²) in [6, 6.07) is 4.09. The SMILES string of the molecule is Cc1ncc(Cc2cc(C(=O)NC3CCOCC3)nc3ccsc23)s1. The third kappa shape index (κ3) is 3.73. The maximum atomic E-state index is 12.7. The number of ether oxygens (including phenoxy) is 1. The van der Waals surface area contributed by atoms with E-state index in [2.05, 4.69) is 15.3 Å². The van der Waals surface area contributed by atoms with Crippen LogP contribution >= 0.6 is 22.7 Å². The number of nitrogens with zero attached hydrogens (tertiary/aromatic N) is 2. The van der Waals surface area contributed by atoms with Crippen LogP contribution in [0.1, 0.15) is 38.8 Å². The smallest absolute Gasteiger partial charge is 0.270 e. The zero-order valence-electron chi connectivity index (χ0n) is 13.9. The molecule has 0 aromatic carbocycles. The predicted molar refractivity (Wildman–Crippen MR) is 101 cm³/mol. The van der Waals surface area contributed by atoms with E-state index in [1.807, 2.05) is 30.6 Å². The van der Waals surface area contributed by atoms with E-state index in [0.717, 1.165) is 40.1 Å². The molecule has 25 heavy (non-hydrogen) atoms. The Morgan fingerprint density at radius 2 is 2.24 bits per heavy atom. The largest absolute Gasteiger partial charge is 0.381 e. The number of nitrogens with one attached hydrogen (secondary N) is 1. The fourth-order valence-electron chi connectivity index (χ4n) is 3.05. The third-order valence-electron chi connectivity index (χ3n) is 4.31. The fraction of sp³-hybridized carbons (Fsp3) is 0.389. The Labute approximate surface area is 154 Å². The second-order valence-corrected chi connectivity index (χ2v) is 8.42. The molecule has 7 heteroatoms. The van der Waals surface area contributed by atoms with Gasteiger partial charge in [0.05, 0.1) is 15.2 Å². The molecular weight excluding hydrogens is 354 g/mol. The van der Waals surface area contributed by atoms with E-state index in [9.17, 15) is 4.79 Å². The number of thiophene rings is 1. The van der Waals surface area contributed by atoms with Crippen LogP contribution in [0.15, 0.2) is 23.7 Å². The molecule has 1 saturated heterocycles. The molecule has 0 spiro atoms. The maximum Gasteiger partial charge on any atom is 0.270 e. The van der Waals surface area contributed by atoms with E-state index < -0.39 is 0 Å². The zero-order chi connectivity index (χ0) is 17.2. The van der Waals surface area contributed by atoms with Gasteiger partial charge in [-0.3, -0.25) is 4.79 Å². The summed E-state index contributed by atoms with van der Waals surface area (Å²) in [5.41, 5.74) is 2.52. The summed E-state index contributed by atoms with van der Waals surface area (Å²) in [6.07, 6.45) is 4.42. The molecule has 5 nitrogen and oxygen atoms in total. The van der Waals surface area contributed by atoms with Crippen LogP contribution in [0.2, 0.25) is 0 Å². The lowest BCUT2D eigenvalue weighted by Gasteiger charge is -2.23. The maximum absolute atomic E-state index is 12.7. The van der Waals surface area contributed by atoms with Gasteiger partial charge < -0.3 is 10.1 Å². The van der Waals surface area contributed by atoms with Crippen molar-refractivity contribution in [1.29, 1.82) is 0 Å². The van der Waals surface area contributed by atoms with E-state index in [1.54, 1.807) is 22.7 Å². The van der Waals surface area contributed by atoms with Crippen molar-refractivity contribution in [3.8, 4) is 0 Å². The second-order valence-electron chi connectivity index (χ2n) is 6.18.